The summed E-state index contributed by atoms with van der Waals surface area (Å²) in [5, 5.41) is 7.56. The van der Waals surface area contributed by atoms with Gasteiger partial charge in [0.15, 0.2) is 0 Å². The summed E-state index contributed by atoms with van der Waals surface area (Å²) < 4.78 is 10.9. The number of hydrogen-bond acceptors (Lipinski definition) is 4. The van der Waals surface area contributed by atoms with Gasteiger partial charge in [-0.3, -0.25) is 5.01 Å². The highest BCUT2D eigenvalue weighted by atomic mass is 35.5. The van der Waals surface area contributed by atoms with Crippen LogP contribution in [-0.4, -0.2) is 44.1 Å². The molecule has 1 aromatic carbocycles. The minimum atomic E-state index is 0.461. The second-order valence-electron chi connectivity index (χ2n) is 4.62. The Balaban J connectivity index is 1.78. The van der Waals surface area contributed by atoms with Crippen LogP contribution in [-0.2, 0) is 4.74 Å². The molecule has 0 amide bonds. The quantitative estimate of drug-likeness (QED) is 0.787. The molecule has 2 aliphatic rings. The Bertz CT molecular complexity index is 567. The van der Waals surface area contributed by atoms with Gasteiger partial charge in [-0.2, -0.15) is 5.10 Å². The molecule has 3 rings (SSSR count). The van der Waals surface area contributed by atoms with Crippen molar-refractivity contribution in [2.75, 3.05) is 32.9 Å². The van der Waals surface area contributed by atoms with E-state index in [1.165, 1.54) is 0 Å². The molecule has 0 saturated carbocycles. The van der Waals surface area contributed by atoms with E-state index in [9.17, 15) is 0 Å². The third kappa shape index (κ3) is 3.08. The normalized spacial score (nSPS) is 18.7. The number of fused-ring (bicyclic) bond motifs is 1. The van der Waals surface area contributed by atoms with Gasteiger partial charge in [0.2, 0.25) is 0 Å². The average Bonchev–Trinajstić information content (AvgIpc) is 2.45. The average molecular weight is 313 g/mol. The lowest BCUT2D eigenvalue weighted by atomic mass is 10.1. The Labute approximate surface area is 127 Å². The van der Waals surface area contributed by atoms with Crippen molar-refractivity contribution in [3.05, 3.63) is 33.3 Å². The lowest BCUT2D eigenvalue weighted by Crippen LogP contribution is -2.32. The van der Waals surface area contributed by atoms with E-state index >= 15 is 0 Å². The van der Waals surface area contributed by atoms with Gasteiger partial charge in [0.05, 0.1) is 37.5 Å². The van der Waals surface area contributed by atoms with E-state index in [-0.39, 0.29) is 0 Å². The molecular weight excluding hydrogens is 299 g/mol. The summed E-state index contributed by atoms with van der Waals surface area (Å²) in [6, 6.07) is 3.52. The lowest BCUT2D eigenvalue weighted by Gasteiger charge is -2.24. The summed E-state index contributed by atoms with van der Waals surface area (Å²) in [5.41, 5.74) is 1.87. The van der Waals surface area contributed by atoms with E-state index in [0.29, 0.717) is 22.4 Å². The van der Waals surface area contributed by atoms with Crippen molar-refractivity contribution in [3.8, 4) is 5.75 Å². The van der Waals surface area contributed by atoms with Gasteiger partial charge in [0, 0.05) is 16.2 Å². The van der Waals surface area contributed by atoms with Crippen molar-refractivity contribution in [1.82, 2.24) is 5.01 Å². The number of benzene rings is 1. The standard InChI is InChI=1S/C14H14Cl2N2O2/c15-12-6-11-5-10(9-20-14(11)13(16)7-12)8-17-18-1-3-19-4-2-18/h5-8H,1-4,9H2/b17-8+. The number of halogens is 2. The summed E-state index contributed by atoms with van der Waals surface area (Å²) in [7, 11) is 0. The molecule has 106 valence electrons. The Hall–Kier alpha value is -1.23. The predicted molar refractivity (Wildman–Crippen MR) is 80.8 cm³/mol. The van der Waals surface area contributed by atoms with Crippen LogP contribution in [0.1, 0.15) is 5.56 Å². The van der Waals surface area contributed by atoms with E-state index < -0.39 is 0 Å². The zero-order valence-electron chi connectivity index (χ0n) is 10.8. The fourth-order valence-corrected chi connectivity index (χ4v) is 2.70. The molecule has 2 heterocycles. The zero-order chi connectivity index (χ0) is 13.9. The van der Waals surface area contributed by atoms with Crippen LogP contribution >= 0.6 is 23.2 Å². The van der Waals surface area contributed by atoms with Crippen molar-refractivity contribution < 1.29 is 9.47 Å². The maximum absolute atomic E-state index is 6.10. The molecule has 1 aromatic rings. The number of nitrogens with zero attached hydrogens (tertiary/aromatic N) is 2. The van der Waals surface area contributed by atoms with Crippen molar-refractivity contribution in [3.63, 3.8) is 0 Å². The van der Waals surface area contributed by atoms with Gasteiger partial charge in [-0.15, -0.1) is 0 Å². The van der Waals surface area contributed by atoms with Crippen molar-refractivity contribution in [2.45, 2.75) is 0 Å². The molecule has 2 aliphatic heterocycles. The summed E-state index contributed by atoms with van der Waals surface area (Å²) in [6.45, 7) is 3.54. The van der Waals surface area contributed by atoms with Gasteiger partial charge < -0.3 is 9.47 Å². The third-order valence-electron chi connectivity index (χ3n) is 3.14. The predicted octanol–water partition coefficient (Wildman–Crippen LogP) is 3.09. The van der Waals surface area contributed by atoms with Crippen LogP contribution in [0.4, 0.5) is 0 Å². The van der Waals surface area contributed by atoms with Gasteiger partial charge in [0.1, 0.15) is 12.4 Å². The highest BCUT2D eigenvalue weighted by molar-refractivity contribution is 6.36. The molecule has 0 atom stereocenters. The Kier molecular flexibility index (Phi) is 4.15. The molecule has 4 nitrogen and oxygen atoms in total. The minimum absolute atomic E-state index is 0.461. The molecule has 20 heavy (non-hydrogen) atoms. The number of hydrazone groups is 1. The third-order valence-corrected chi connectivity index (χ3v) is 3.63. The zero-order valence-corrected chi connectivity index (χ0v) is 12.3. The smallest absolute Gasteiger partial charge is 0.145 e. The van der Waals surface area contributed by atoms with E-state index in [4.69, 9.17) is 32.7 Å². The molecule has 0 aliphatic carbocycles. The molecule has 0 unspecified atom stereocenters. The fraction of sp³-hybridized carbons (Fsp3) is 0.357. The van der Waals surface area contributed by atoms with Crippen LogP contribution in [0.5, 0.6) is 5.75 Å². The number of hydrogen-bond donors (Lipinski definition) is 0. The van der Waals surface area contributed by atoms with Crippen LogP contribution < -0.4 is 4.74 Å². The minimum Gasteiger partial charge on any atom is -0.487 e. The maximum Gasteiger partial charge on any atom is 0.145 e. The first-order chi connectivity index (χ1) is 9.72. The Morgan fingerprint density at radius 2 is 2.00 bits per heavy atom. The summed E-state index contributed by atoms with van der Waals surface area (Å²) >= 11 is 12.1. The van der Waals surface area contributed by atoms with Gasteiger partial charge in [-0.25, -0.2) is 0 Å². The Morgan fingerprint density at radius 1 is 1.20 bits per heavy atom. The molecule has 6 heteroatoms. The van der Waals surface area contributed by atoms with Gasteiger partial charge in [0.25, 0.3) is 0 Å². The van der Waals surface area contributed by atoms with Crippen molar-refractivity contribution in [2.24, 2.45) is 5.10 Å². The topological polar surface area (TPSA) is 34.1 Å². The molecule has 0 bridgehead atoms. The van der Waals surface area contributed by atoms with E-state index in [0.717, 1.165) is 37.4 Å². The summed E-state index contributed by atoms with van der Waals surface area (Å²) in [4.78, 5) is 0. The second-order valence-corrected chi connectivity index (χ2v) is 5.47. The van der Waals surface area contributed by atoms with Crippen LogP contribution in [0.2, 0.25) is 10.0 Å². The summed E-state index contributed by atoms with van der Waals surface area (Å²) in [5.74, 6) is 0.680. The van der Waals surface area contributed by atoms with E-state index in [2.05, 4.69) is 5.10 Å². The summed E-state index contributed by atoms with van der Waals surface area (Å²) in [6.07, 6.45) is 3.82. The second kappa shape index (κ2) is 6.04. The van der Waals surface area contributed by atoms with Crippen LogP contribution in [0.15, 0.2) is 22.8 Å². The molecule has 1 fully saturated rings. The molecule has 0 spiro atoms. The highest BCUT2D eigenvalue weighted by Gasteiger charge is 2.15. The highest BCUT2D eigenvalue weighted by Crippen LogP contribution is 2.36. The first-order valence-corrected chi connectivity index (χ1v) is 7.17. The van der Waals surface area contributed by atoms with Crippen LogP contribution in [0.3, 0.4) is 0 Å². The SMILES string of the molecule is Clc1cc(Cl)c2c(c1)C=C(/C=N/N1CCOCC1)CO2. The molecule has 1 saturated heterocycles. The maximum atomic E-state index is 6.10. The van der Waals surface area contributed by atoms with Crippen LogP contribution in [0, 0.1) is 0 Å². The first-order valence-electron chi connectivity index (χ1n) is 6.41. The molecular formula is C14H14Cl2N2O2. The monoisotopic (exact) mass is 312 g/mol. The van der Waals surface area contributed by atoms with Gasteiger partial charge >= 0.3 is 0 Å². The van der Waals surface area contributed by atoms with Gasteiger partial charge in [-0.1, -0.05) is 23.2 Å². The fourth-order valence-electron chi connectivity index (χ4n) is 2.14. The Morgan fingerprint density at radius 3 is 2.80 bits per heavy atom. The van der Waals surface area contributed by atoms with Crippen molar-refractivity contribution >= 4 is 35.5 Å². The van der Waals surface area contributed by atoms with E-state index in [1.54, 1.807) is 6.07 Å². The number of ether oxygens (including phenoxy) is 2. The molecule has 0 N–H and O–H groups in total. The lowest BCUT2D eigenvalue weighted by molar-refractivity contribution is 0.0396. The molecule has 0 radical (unpaired) electrons. The van der Waals surface area contributed by atoms with Gasteiger partial charge in [-0.05, 0) is 18.2 Å². The molecule has 0 aromatic heterocycles. The first kappa shape index (κ1) is 13.7. The largest absolute Gasteiger partial charge is 0.487 e. The number of morpholine rings is 1. The van der Waals surface area contributed by atoms with Crippen molar-refractivity contribution in [1.29, 1.82) is 0 Å². The van der Waals surface area contributed by atoms with E-state index in [1.807, 2.05) is 23.4 Å². The number of rotatable bonds is 2. The van der Waals surface area contributed by atoms with Crippen LogP contribution in [0.25, 0.3) is 6.08 Å².